The average Bonchev–Trinajstić information content (AvgIpc) is 3.20. The Balaban J connectivity index is 1.12. The highest BCUT2D eigenvalue weighted by Crippen LogP contribution is 2.61. The zero-order valence-corrected chi connectivity index (χ0v) is 29.1. The van der Waals surface area contributed by atoms with Crippen LogP contribution in [0.25, 0.3) is 33.0 Å². The minimum atomic E-state index is -0.223. The van der Waals surface area contributed by atoms with Crippen LogP contribution in [0.5, 0.6) is 11.5 Å². The van der Waals surface area contributed by atoms with Crippen LogP contribution in [0.2, 0.25) is 0 Å². The number of rotatable bonds is 5. The lowest BCUT2D eigenvalue weighted by Gasteiger charge is -2.45. The highest BCUT2D eigenvalue weighted by atomic mass is 16.5. The summed E-state index contributed by atoms with van der Waals surface area (Å²) in [5, 5.41) is 2.37. The molecule has 2 heterocycles. The maximum absolute atomic E-state index is 6.67. The SMILES string of the molecule is CC1(C)c2ccc(-c3cccc(N(c4ccccc4)c4ccc(-c5ccccc5)cc4)c3)cc2N2c3c(cccc31)Oc1ccc3ccccc3c12. The highest BCUT2D eigenvalue weighted by Gasteiger charge is 2.42. The van der Waals surface area contributed by atoms with E-state index in [0.717, 1.165) is 51.1 Å². The van der Waals surface area contributed by atoms with E-state index in [1.165, 1.54) is 38.7 Å². The second-order valence-corrected chi connectivity index (χ2v) is 14.2. The number of para-hydroxylation sites is 2. The minimum Gasteiger partial charge on any atom is -0.453 e. The molecule has 52 heavy (non-hydrogen) atoms. The highest BCUT2D eigenvalue weighted by molar-refractivity contribution is 6.06. The Morgan fingerprint density at radius 2 is 1.06 bits per heavy atom. The lowest BCUT2D eigenvalue weighted by molar-refractivity contribution is 0.472. The van der Waals surface area contributed by atoms with Crippen LogP contribution in [0.15, 0.2) is 182 Å². The molecule has 0 unspecified atom stereocenters. The monoisotopic (exact) mass is 668 g/mol. The van der Waals surface area contributed by atoms with Crippen molar-refractivity contribution in [2.45, 2.75) is 19.3 Å². The number of hydrogen-bond donors (Lipinski definition) is 0. The van der Waals surface area contributed by atoms with E-state index in [4.69, 9.17) is 4.74 Å². The Morgan fingerprint density at radius 3 is 1.88 bits per heavy atom. The summed E-state index contributed by atoms with van der Waals surface area (Å²) in [5.41, 5.74) is 13.8. The van der Waals surface area contributed by atoms with Gasteiger partial charge in [0.15, 0.2) is 11.5 Å². The number of anilines is 6. The van der Waals surface area contributed by atoms with Gasteiger partial charge in [0.2, 0.25) is 0 Å². The Labute approximate surface area is 304 Å². The molecule has 0 saturated heterocycles. The first-order valence-corrected chi connectivity index (χ1v) is 17.9. The fourth-order valence-electron chi connectivity index (χ4n) is 8.21. The zero-order valence-electron chi connectivity index (χ0n) is 29.1. The number of hydrogen-bond acceptors (Lipinski definition) is 3. The molecule has 0 radical (unpaired) electrons. The van der Waals surface area contributed by atoms with Gasteiger partial charge in [-0.15, -0.1) is 0 Å². The standard InChI is InChI=1S/C49H36N2O/c1-49(2)42-29-25-37(32-44(42)51-47-41-20-10-9-15-35(41)26-30-46(47)52-45-22-12-21-43(49)48(45)51)36-16-11-19-40(31-36)50(38-17-7-4-8-18-38)39-27-23-34(24-28-39)33-13-5-3-6-14-33/h3-32H,1-2H3. The summed E-state index contributed by atoms with van der Waals surface area (Å²) in [4.78, 5) is 4.80. The molecular formula is C49H36N2O. The molecule has 8 aromatic rings. The van der Waals surface area contributed by atoms with Gasteiger partial charge >= 0.3 is 0 Å². The van der Waals surface area contributed by atoms with Crippen LogP contribution in [-0.2, 0) is 5.41 Å². The zero-order chi connectivity index (χ0) is 34.8. The molecule has 0 fully saturated rings. The van der Waals surface area contributed by atoms with Crippen molar-refractivity contribution in [3.63, 3.8) is 0 Å². The average molecular weight is 669 g/mol. The van der Waals surface area contributed by atoms with Gasteiger partial charge in [-0.1, -0.05) is 141 Å². The third kappa shape index (κ3) is 4.74. The van der Waals surface area contributed by atoms with Crippen molar-refractivity contribution >= 4 is 44.9 Å². The van der Waals surface area contributed by atoms with E-state index >= 15 is 0 Å². The van der Waals surface area contributed by atoms with Crippen LogP contribution in [-0.4, -0.2) is 0 Å². The van der Waals surface area contributed by atoms with Crippen molar-refractivity contribution in [3.05, 3.63) is 193 Å². The fourth-order valence-corrected chi connectivity index (χ4v) is 8.21. The second kappa shape index (κ2) is 11.8. The Kier molecular flexibility index (Phi) is 6.84. The molecular weight excluding hydrogens is 633 g/mol. The summed E-state index contributed by atoms with van der Waals surface area (Å²) < 4.78 is 6.67. The van der Waals surface area contributed by atoms with Gasteiger partial charge in [-0.25, -0.2) is 0 Å². The van der Waals surface area contributed by atoms with Crippen LogP contribution >= 0.6 is 0 Å². The predicted octanol–water partition coefficient (Wildman–Crippen LogP) is 13.9. The molecule has 0 amide bonds. The van der Waals surface area contributed by atoms with Crippen LogP contribution in [0.4, 0.5) is 34.1 Å². The molecule has 10 rings (SSSR count). The molecule has 0 atom stereocenters. The molecule has 0 N–H and O–H groups in total. The Bertz CT molecular complexity index is 2630. The number of benzene rings is 8. The largest absolute Gasteiger partial charge is 0.453 e. The van der Waals surface area contributed by atoms with Gasteiger partial charge < -0.3 is 14.5 Å². The normalized spacial score (nSPS) is 13.5. The van der Waals surface area contributed by atoms with E-state index in [1.807, 2.05) is 0 Å². The molecule has 2 aliphatic heterocycles. The first-order valence-electron chi connectivity index (χ1n) is 17.9. The van der Waals surface area contributed by atoms with E-state index in [9.17, 15) is 0 Å². The molecule has 0 bridgehead atoms. The van der Waals surface area contributed by atoms with Crippen molar-refractivity contribution in [1.82, 2.24) is 0 Å². The van der Waals surface area contributed by atoms with Crippen molar-refractivity contribution in [2.75, 3.05) is 9.80 Å². The molecule has 3 heteroatoms. The van der Waals surface area contributed by atoms with E-state index in [1.54, 1.807) is 0 Å². The van der Waals surface area contributed by atoms with E-state index < -0.39 is 0 Å². The first kappa shape index (κ1) is 30.3. The number of nitrogens with zero attached hydrogens (tertiary/aromatic N) is 2. The van der Waals surface area contributed by atoms with Gasteiger partial charge in [0.05, 0.1) is 17.1 Å². The van der Waals surface area contributed by atoms with Gasteiger partial charge in [-0.3, -0.25) is 0 Å². The quantitative estimate of drug-likeness (QED) is 0.182. The molecule has 0 aliphatic carbocycles. The van der Waals surface area contributed by atoms with E-state index in [2.05, 4.69) is 206 Å². The lowest BCUT2D eigenvalue weighted by atomic mass is 9.72. The molecule has 0 saturated carbocycles. The number of fused-ring (bicyclic) bond motifs is 6. The van der Waals surface area contributed by atoms with Crippen molar-refractivity contribution in [2.24, 2.45) is 0 Å². The minimum absolute atomic E-state index is 0.223. The summed E-state index contributed by atoms with van der Waals surface area (Å²) in [5.74, 6) is 1.77. The summed E-state index contributed by atoms with van der Waals surface area (Å²) in [6.07, 6.45) is 0. The van der Waals surface area contributed by atoms with E-state index in [0.29, 0.717) is 0 Å². The fraction of sp³-hybridized carbons (Fsp3) is 0.0612. The molecule has 8 aromatic carbocycles. The van der Waals surface area contributed by atoms with Crippen LogP contribution in [0, 0.1) is 0 Å². The van der Waals surface area contributed by atoms with Crippen molar-refractivity contribution < 1.29 is 4.74 Å². The van der Waals surface area contributed by atoms with Gasteiger partial charge in [-0.05, 0) is 93.4 Å². The third-order valence-corrected chi connectivity index (χ3v) is 10.8. The van der Waals surface area contributed by atoms with Crippen LogP contribution in [0.3, 0.4) is 0 Å². The molecule has 248 valence electrons. The van der Waals surface area contributed by atoms with E-state index in [-0.39, 0.29) is 5.41 Å². The topological polar surface area (TPSA) is 15.7 Å². The van der Waals surface area contributed by atoms with Crippen molar-refractivity contribution in [3.8, 4) is 33.8 Å². The summed E-state index contributed by atoms with van der Waals surface area (Å²) >= 11 is 0. The summed E-state index contributed by atoms with van der Waals surface area (Å²) in [6, 6.07) is 65.4. The van der Waals surface area contributed by atoms with Crippen molar-refractivity contribution in [1.29, 1.82) is 0 Å². The van der Waals surface area contributed by atoms with Gasteiger partial charge in [0.1, 0.15) is 0 Å². The summed E-state index contributed by atoms with van der Waals surface area (Å²) in [6.45, 7) is 4.66. The van der Waals surface area contributed by atoms with Gasteiger partial charge in [-0.2, -0.15) is 0 Å². The maximum atomic E-state index is 6.67. The number of ether oxygens (including phenoxy) is 1. The molecule has 3 nitrogen and oxygen atoms in total. The second-order valence-electron chi connectivity index (χ2n) is 14.2. The first-order chi connectivity index (χ1) is 25.5. The van der Waals surface area contributed by atoms with Gasteiger partial charge in [0.25, 0.3) is 0 Å². The predicted molar refractivity (Wildman–Crippen MR) is 216 cm³/mol. The third-order valence-electron chi connectivity index (χ3n) is 10.8. The Hall–Kier alpha value is -6.58. The summed E-state index contributed by atoms with van der Waals surface area (Å²) in [7, 11) is 0. The maximum Gasteiger partial charge on any atom is 0.152 e. The molecule has 0 spiro atoms. The Morgan fingerprint density at radius 1 is 0.442 bits per heavy atom. The van der Waals surface area contributed by atoms with Gasteiger partial charge in [0, 0.05) is 27.9 Å². The lowest BCUT2D eigenvalue weighted by Crippen LogP contribution is -2.32. The van der Waals surface area contributed by atoms with Crippen LogP contribution in [0.1, 0.15) is 25.0 Å². The molecule has 0 aromatic heterocycles. The van der Waals surface area contributed by atoms with Crippen LogP contribution < -0.4 is 14.5 Å². The molecule has 2 aliphatic rings. The smallest absolute Gasteiger partial charge is 0.152 e.